The molecule has 108 valence electrons. The van der Waals surface area contributed by atoms with Crippen LogP contribution in [0.1, 0.15) is 25.5 Å². The fourth-order valence-electron chi connectivity index (χ4n) is 1.96. The standard InChI is InChI=1S/C12H15BrN4O2S/c1-7(2)17-11(15-16-12(17)20(14,18)19)10-6-9(13)5-4-8(10)3/h4-7H,1-3H3,(H2,14,18,19). The molecule has 0 saturated heterocycles. The van der Waals surface area contributed by atoms with Crippen LogP contribution >= 0.6 is 15.9 Å². The first-order valence-corrected chi connectivity index (χ1v) is 8.30. The maximum absolute atomic E-state index is 11.6. The third kappa shape index (κ3) is 2.77. The number of rotatable bonds is 3. The molecule has 0 amide bonds. The number of hydrogen-bond donors (Lipinski definition) is 1. The van der Waals surface area contributed by atoms with Gasteiger partial charge in [-0.1, -0.05) is 22.0 Å². The van der Waals surface area contributed by atoms with Crippen molar-refractivity contribution in [2.24, 2.45) is 5.14 Å². The number of aromatic nitrogens is 3. The Morgan fingerprint density at radius 1 is 1.30 bits per heavy atom. The SMILES string of the molecule is Cc1ccc(Br)cc1-c1nnc(S(N)(=O)=O)n1C(C)C. The van der Waals surface area contributed by atoms with Crippen LogP contribution in [0.2, 0.25) is 0 Å². The molecule has 6 nitrogen and oxygen atoms in total. The molecule has 0 fully saturated rings. The van der Waals surface area contributed by atoms with Crippen molar-refractivity contribution in [3.63, 3.8) is 0 Å². The van der Waals surface area contributed by atoms with Crippen molar-refractivity contribution in [1.29, 1.82) is 0 Å². The Bertz CT molecular complexity index is 753. The summed E-state index contributed by atoms with van der Waals surface area (Å²) in [5.41, 5.74) is 1.79. The molecule has 2 N–H and O–H groups in total. The molecule has 1 aromatic carbocycles. The summed E-state index contributed by atoms with van der Waals surface area (Å²) in [4.78, 5) is 0. The average Bonchev–Trinajstić information content (AvgIpc) is 2.76. The second kappa shape index (κ2) is 5.27. The van der Waals surface area contributed by atoms with Gasteiger partial charge in [0.1, 0.15) is 0 Å². The number of hydrogen-bond acceptors (Lipinski definition) is 4. The Hall–Kier alpha value is -1.25. The molecule has 20 heavy (non-hydrogen) atoms. The number of primary sulfonamides is 1. The molecule has 1 heterocycles. The normalized spacial score (nSPS) is 12.1. The number of benzene rings is 1. The van der Waals surface area contributed by atoms with Crippen molar-refractivity contribution < 1.29 is 8.42 Å². The van der Waals surface area contributed by atoms with Crippen LogP contribution in [-0.2, 0) is 10.0 Å². The van der Waals surface area contributed by atoms with Crippen LogP contribution in [0.25, 0.3) is 11.4 Å². The Kier molecular flexibility index (Phi) is 3.99. The molecule has 1 aromatic heterocycles. The predicted molar refractivity (Wildman–Crippen MR) is 79.7 cm³/mol. The lowest BCUT2D eigenvalue weighted by atomic mass is 10.1. The van der Waals surface area contributed by atoms with Crippen LogP contribution in [-0.4, -0.2) is 23.2 Å². The van der Waals surface area contributed by atoms with E-state index >= 15 is 0 Å². The molecule has 0 atom stereocenters. The van der Waals surface area contributed by atoms with Gasteiger partial charge in [-0.05, 0) is 38.5 Å². The largest absolute Gasteiger partial charge is 0.294 e. The minimum Gasteiger partial charge on any atom is -0.294 e. The molecule has 0 spiro atoms. The molecular formula is C12H15BrN4O2S. The van der Waals surface area contributed by atoms with Gasteiger partial charge < -0.3 is 0 Å². The molecule has 2 aromatic rings. The van der Waals surface area contributed by atoms with Gasteiger partial charge in [-0.15, -0.1) is 10.2 Å². The van der Waals surface area contributed by atoms with Gasteiger partial charge in [-0.2, -0.15) is 0 Å². The Labute approximate surface area is 126 Å². The van der Waals surface area contributed by atoms with Crippen molar-refractivity contribution in [2.75, 3.05) is 0 Å². The van der Waals surface area contributed by atoms with E-state index in [9.17, 15) is 8.42 Å². The first kappa shape index (κ1) is 15.1. The first-order valence-electron chi connectivity index (χ1n) is 5.96. The molecule has 0 saturated carbocycles. The first-order chi connectivity index (χ1) is 9.21. The summed E-state index contributed by atoms with van der Waals surface area (Å²) in [6.45, 7) is 5.64. The molecule has 0 aliphatic heterocycles. The van der Waals surface area contributed by atoms with Crippen LogP contribution in [0.5, 0.6) is 0 Å². The Morgan fingerprint density at radius 3 is 2.50 bits per heavy atom. The lowest BCUT2D eigenvalue weighted by Gasteiger charge is -2.14. The number of nitrogens with two attached hydrogens (primary N) is 1. The van der Waals surface area contributed by atoms with Gasteiger partial charge in [0.05, 0.1) is 0 Å². The van der Waals surface area contributed by atoms with Crippen LogP contribution in [0, 0.1) is 6.92 Å². The Morgan fingerprint density at radius 2 is 1.95 bits per heavy atom. The summed E-state index contributed by atoms with van der Waals surface area (Å²) in [5.74, 6) is 0.489. The second-order valence-corrected chi connectivity index (χ2v) is 7.15. The summed E-state index contributed by atoms with van der Waals surface area (Å²) in [6, 6.07) is 5.59. The Balaban J connectivity index is 2.76. The number of nitrogens with zero attached hydrogens (tertiary/aromatic N) is 3. The van der Waals surface area contributed by atoms with E-state index in [1.54, 1.807) is 0 Å². The fourth-order valence-corrected chi connectivity index (χ4v) is 3.04. The highest BCUT2D eigenvalue weighted by molar-refractivity contribution is 9.10. The minimum atomic E-state index is -3.91. The van der Waals surface area contributed by atoms with Crippen molar-refractivity contribution >= 4 is 26.0 Å². The lowest BCUT2D eigenvalue weighted by Crippen LogP contribution is -2.20. The van der Waals surface area contributed by atoms with Gasteiger partial charge in [0.15, 0.2) is 5.82 Å². The van der Waals surface area contributed by atoms with Crippen molar-refractivity contribution in [2.45, 2.75) is 32.0 Å². The van der Waals surface area contributed by atoms with Crippen molar-refractivity contribution in [1.82, 2.24) is 14.8 Å². The number of sulfonamides is 1. The summed E-state index contributed by atoms with van der Waals surface area (Å²) in [7, 11) is -3.91. The minimum absolute atomic E-state index is 0.133. The molecular weight excluding hydrogens is 344 g/mol. The third-order valence-electron chi connectivity index (χ3n) is 2.88. The fraction of sp³-hybridized carbons (Fsp3) is 0.333. The maximum Gasteiger partial charge on any atom is 0.273 e. The van der Waals surface area contributed by atoms with Crippen LogP contribution in [0.3, 0.4) is 0 Å². The maximum atomic E-state index is 11.6. The smallest absolute Gasteiger partial charge is 0.273 e. The highest BCUT2D eigenvalue weighted by atomic mass is 79.9. The van der Waals surface area contributed by atoms with E-state index in [2.05, 4.69) is 26.1 Å². The van der Waals surface area contributed by atoms with Gasteiger partial charge in [-0.25, -0.2) is 13.6 Å². The van der Waals surface area contributed by atoms with Crippen molar-refractivity contribution in [3.05, 3.63) is 28.2 Å². The number of halogens is 1. The van der Waals surface area contributed by atoms with Crippen LogP contribution in [0.15, 0.2) is 27.8 Å². The van der Waals surface area contributed by atoms with Gasteiger partial charge in [-0.3, -0.25) is 4.57 Å². The van der Waals surface area contributed by atoms with E-state index in [0.29, 0.717) is 5.82 Å². The zero-order valence-electron chi connectivity index (χ0n) is 11.3. The molecule has 2 rings (SSSR count). The van der Waals surface area contributed by atoms with Gasteiger partial charge in [0.25, 0.3) is 15.2 Å². The van der Waals surface area contributed by atoms with E-state index in [4.69, 9.17) is 5.14 Å². The zero-order valence-corrected chi connectivity index (χ0v) is 13.7. The van der Waals surface area contributed by atoms with E-state index < -0.39 is 10.0 Å². The molecule has 0 aliphatic rings. The number of aryl methyl sites for hydroxylation is 1. The van der Waals surface area contributed by atoms with Gasteiger partial charge >= 0.3 is 0 Å². The summed E-state index contributed by atoms with van der Waals surface area (Å²) >= 11 is 3.40. The molecule has 0 aliphatic carbocycles. The van der Waals surface area contributed by atoms with E-state index in [0.717, 1.165) is 15.6 Å². The summed E-state index contributed by atoms with van der Waals surface area (Å²) in [5, 5.41) is 12.7. The molecule has 0 radical (unpaired) electrons. The topological polar surface area (TPSA) is 90.9 Å². The average molecular weight is 359 g/mol. The third-order valence-corrected chi connectivity index (χ3v) is 4.16. The second-order valence-electron chi connectivity index (χ2n) is 4.77. The summed E-state index contributed by atoms with van der Waals surface area (Å²) < 4.78 is 25.6. The van der Waals surface area contributed by atoms with E-state index in [1.165, 1.54) is 4.57 Å². The molecule has 0 bridgehead atoms. The van der Waals surface area contributed by atoms with E-state index in [-0.39, 0.29) is 11.2 Å². The monoisotopic (exact) mass is 358 g/mol. The highest BCUT2D eigenvalue weighted by Gasteiger charge is 2.24. The van der Waals surface area contributed by atoms with Crippen molar-refractivity contribution in [3.8, 4) is 11.4 Å². The van der Waals surface area contributed by atoms with Gasteiger partial charge in [0, 0.05) is 16.1 Å². The zero-order chi connectivity index (χ0) is 15.1. The van der Waals surface area contributed by atoms with E-state index in [1.807, 2.05) is 39.0 Å². The molecule has 8 heteroatoms. The highest BCUT2D eigenvalue weighted by Crippen LogP contribution is 2.29. The van der Waals surface area contributed by atoms with Gasteiger partial charge in [0.2, 0.25) is 0 Å². The predicted octanol–water partition coefficient (Wildman–Crippen LogP) is 2.24. The lowest BCUT2D eigenvalue weighted by molar-refractivity contribution is 0.524. The summed E-state index contributed by atoms with van der Waals surface area (Å²) in [6.07, 6.45) is 0. The van der Waals surface area contributed by atoms with Crippen LogP contribution < -0.4 is 5.14 Å². The quantitative estimate of drug-likeness (QED) is 0.910. The van der Waals surface area contributed by atoms with Crippen LogP contribution in [0.4, 0.5) is 0 Å². The molecule has 0 unspecified atom stereocenters.